The van der Waals surface area contributed by atoms with E-state index in [1.807, 2.05) is 43.3 Å². The molecule has 0 aromatic heterocycles. The first kappa shape index (κ1) is 25.5. The van der Waals surface area contributed by atoms with Crippen LogP contribution in [0.1, 0.15) is 37.5 Å². The molecule has 170 valence electrons. The Balaban J connectivity index is 2.29. The van der Waals surface area contributed by atoms with Crippen LogP contribution in [0.2, 0.25) is 10.0 Å². The summed E-state index contributed by atoms with van der Waals surface area (Å²) in [5, 5.41) is 13.8. The van der Waals surface area contributed by atoms with Crippen molar-refractivity contribution in [3.05, 3.63) is 87.7 Å². The maximum Gasteiger partial charge on any atom is 0.313 e. The van der Waals surface area contributed by atoms with Crippen LogP contribution in [0.5, 0.6) is 0 Å². The van der Waals surface area contributed by atoms with Crippen LogP contribution in [0.25, 0.3) is 5.57 Å². The average Bonchev–Trinajstić information content (AvgIpc) is 2.74. The number of aliphatic carboxylic acids is 1. The van der Waals surface area contributed by atoms with Gasteiger partial charge in [-0.05, 0) is 74.2 Å². The Kier molecular flexibility index (Phi) is 8.93. The average molecular weight is 475 g/mol. The van der Waals surface area contributed by atoms with Gasteiger partial charge in [0.2, 0.25) is 0 Å². The largest absolute Gasteiger partial charge is 0.483 e. The van der Waals surface area contributed by atoms with Gasteiger partial charge in [0.25, 0.3) is 0 Å². The maximum atomic E-state index is 11.6. The lowest BCUT2D eigenvalue weighted by atomic mass is 9.83. The number of ether oxygens (including phenoxy) is 1. The molecule has 0 saturated heterocycles. The minimum Gasteiger partial charge on any atom is -0.483 e. The molecule has 2 N–H and O–H groups in total. The van der Waals surface area contributed by atoms with Crippen LogP contribution in [0.4, 0.5) is 0 Å². The third-order valence-corrected chi connectivity index (χ3v) is 5.71. The van der Waals surface area contributed by atoms with Crippen LogP contribution in [0.15, 0.2) is 66.0 Å². The molecule has 0 amide bonds. The van der Waals surface area contributed by atoms with Gasteiger partial charge in [-0.3, -0.25) is 9.79 Å². The number of carbonyl (C=O) groups is 1. The number of nitrogens with zero attached hydrogens (tertiary/aromatic N) is 1. The lowest BCUT2D eigenvalue weighted by Crippen LogP contribution is -2.28. The van der Waals surface area contributed by atoms with Gasteiger partial charge in [-0.1, -0.05) is 53.5 Å². The van der Waals surface area contributed by atoms with Crippen LogP contribution in [-0.4, -0.2) is 30.6 Å². The summed E-state index contributed by atoms with van der Waals surface area (Å²) in [5.74, 6) is 0.0536. The third-order valence-electron chi connectivity index (χ3n) is 5.12. The smallest absolute Gasteiger partial charge is 0.313 e. The summed E-state index contributed by atoms with van der Waals surface area (Å²) in [6, 6.07) is 12.9. The van der Waals surface area contributed by atoms with Crippen LogP contribution in [-0.2, 0) is 21.4 Å². The molecule has 0 atom stereocenters. The standard InChI is InChI=1S/C25H28Cl2N2O3/c1-16(19-7-6-8-20(14-19)25(3,4)24(30)31)13-23(29-17(2)32-5)28-12-11-18-9-10-21(26)15-22(18)27/h6-10,13-15H,2,11-12H2,1,3-5H3,(H,28,29)(H,30,31)/b16-13+. The molecule has 2 aromatic carbocycles. The summed E-state index contributed by atoms with van der Waals surface area (Å²) in [7, 11) is 1.52. The second-order valence-corrected chi connectivity index (χ2v) is 8.69. The van der Waals surface area contributed by atoms with E-state index in [2.05, 4.69) is 16.9 Å². The molecule has 32 heavy (non-hydrogen) atoms. The number of carboxylic acid groups (broad SMARTS) is 1. The normalized spacial score (nSPS) is 12.4. The van der Waals surface area contributed by atoms with Crippen molar-refractivity contribution in [2.24, 2.45) is 4.99 Å². The Labute approximate surface area is 199 Å². The Hall–Kier alpha value is -2.76. The fourth-order valence-corrected chi connectivity index (χ4v) is 3.40. The predicted molar refractivity (Wildman–Crippen MR) is 133 cm³/mol. The van der Waals surface area contributed by atoms with Crippen molar-refractivity contribution in [2.75, 3.05) is 13.7 Å². The molecule has 5 nitrogen and oxygen atoms in total. The highest BCUT2D eigenvalue weighted by atomic mass is 35.5. The number of nitrogens with one attached hydrogen (secondary N) is 1. The Morgan fingerprint density at radius 2 is 1.97 bits per heavy atom. The fraction of sp³-hybridized carbons (Fsp3) is 0.280. The predicted octanol–water partition coefficient (Wildman–Crippen LogP) is 6.11. The lowest BCUT2D eigenvalue weighted by molar-refractivity contribution is -0.142. The topological polar surface area (TPSA) is 70.9 Å². The van der Waals surface area contributed by atoms with Gasteiger partial charge in [-0.25, -0.2) is 0 Å². The molecule has 0 aliphatic carbocycles. The zero-order valence-corrected chi connectivity index (χ0v) is 20.2. The highest BCUT2D eigenvalue weighted by molar-refractivity contribution is 6.35. The zero-order chi connectivity index (χ0) is 23.9. The van der Waals surface area contributed by atoms with Crippen molar-refractivity contribution in [1.29, 1.82) is 0 Å². The van der Waals surface area contributed by atoms with Gasteiger partial charge >= 0.3 is 5.97 Å². The van der Waals surface area contributed by atoms with Gasteiger partial charge < -0.3 is 15.2 Å². The number of allylic oxidation sites excluding steroid dienone is 1. The van der Waals surface area contributed by atoms with E-state index in [4.69, 9.17) is 27.9 Å². The van der Waals surface area contributed by atoms with Crippen LogP contribution >= 0.6 is 23.2 Å². The number of benzene rings is 2. The first-order valence-electron chi connectivity index (χ1n) is 10.1. The Morgan fingerprint density at radius 3 is 2.59 bits per heavy atom. The molecule has 0 bridgehead atoms. The highest BCUT2D eigenvalue weighted by Crippen LogP contribution is 2.26. The lowest BCUT2D eigenvalue weighted by Gasteiger charge is -2.20. The molecule has 2 aromatic rings. The molecular weight excluding hydrogens is 447 g/mol. The van der Waals surface area contributed by atoms with Gasteiger partial charge in [0.15, 0.2) is 5.88 Å². The molecule has 0 spiro atoms. The van der Waals surface area contributed by atoms with E-state index in [-0.39, 0.29) is 0 Å². The summed E-state index contributed by atoms with van der Waals surface area (Å²) in [5.41, 5.74) is 2.49. The molecule has 0 heterocycles. The molecule has 0 unspecified atom stereocenters. The summed E-state index contributed by atoms with van der Waals surface area (Å²) < 4.78 is 5.14. The maximum absolute atomic E-state index is 11.6. The molecule has 2 rings (SSSR count). The number of amidine groups is 1. The van der Waals surface area contributed by atoms with E-state index in [1.54, 1.807) is 26.0 Å². The van der Waals surface area contributed by atoms with E-state index in [0.29, 0.717) is 34.7 Å². The van der Waals surface area contributed by atoms with Gasteiger partial charge in [-0.15, -0.1) is 0 Å². The summed E-state index contributed by atoms with van der Waals surface area (Å²) in [4.78, 5) is 16.3. The number of hydrogen-bond acceptors (Lipinski definition) is 3. The van der Waals surface area contributed by atoms with Crippen molar-refractivity contribution >= 4 is 40.6 Å². The molecule has 0 fully saturated rings. The van der Waals surface area contributed by atoms with E-state index in [0.717, 1.165) is 22.3 Å². The van der Waals surface area contributed by atoms with Crippen molar-refractivity contribution < 1.29 is 14.6 Å². The van der Waals surface area contributed by atoms with E-state index < -0.39 is 11.4 Å². The Morgan fingerprint density at radius 1 is 1.25 bits per heavy atom. The van der Waals surface area contributed by atoms with E-state index in [9.17, 15) is 9.90 Å². The SMILES string of the molecule is C=C(NC(/C=C(\C)c1cccc(C(C)(C)C(=O)O)c1)=NCCc1ccc(Cl)cc1Cl)OC. The molecule has 0 aliphatic heterocycles. The summed E-state index contributed by atoms with van der Waals surface area (Å²) >= 11 is 12.2. The van der Waals surface area contributed by atoms with Crippen molar-refractivity contribution in [1.82, 2.24) is 5.32 Å². The molecule has 0 saturated carbocycles. The number of carboxylic acids is 1. The number of methoxy groups -OCH3 is 1. The highest BCUT2D eigenvalue weighted by Gasteiger charge is 2.29. The monoisotopic (exact) mass is 474 g/mol. The number of rotatable bonds is 9. The number of hydrogen-bond donors (Lipinski definition) is 2. The first-order chi connectivity index (χ1) is 15.0. The van der Waals surface area contributed by atoms with Crippen LogP contribution in [0.3, 0.4) is 0 Å². The third kappa shape index (κ3) is 6.87. The quantitative estimate of drug-likeness (QED) is 0.261. The molecular formula is C25H28Cl2N2O3. The zero-order valence-electron chi connectivity index (χ0n) is 18.7. The van der Waals surface area contributed by atoms with Crippen molar-refractivity contribution in [2.45, 2.75) is 32.6 Å². The molecule has 7 heteroatoms. The summed E-state index contributed by atoms with van der Waals surface area (Å²) in [6.45, 7) is 9.60. The van der Waals surface area contributed by atoms with Crippen LogP contribution < -0.4 is 5.32 Å². The Bertz CT molecular complexity index is 1060. The van der Waals surface area contributed by atoms with Gasteiger partial charge in [0.05, 0.1) is 12.5 Å². The van der Waals surface area contributed by atoms with Gasteiger partial charge in [-0.2, -0.15) is 0 Å². The minimum atomic E-state index is -0.992. The second-order valence-electron chi connectivity index (χ2n) is 7.84. The second kappa shape index (κ2) is 11.2. The van der Waals surface area contributed by atoms with E-state index >= 15 is 0 Å². The van der Waals surface area contributed by atoms with Gasteiger partial charge in [0.1, 0.15) is 5.84 Å². The van der Waals surface area contributed by atoms with Gasteiger partial charge in [0, 0.05) is 16.6 Å². The van der Waals surface area contributed by atoms with Crippen molar-refractivity contribution in [3.63, 3.8) is 0 Å². The van der Waals surface area contributed by atoms with Crippen LogP contribution in [0, 0.1) is 0 Å². The number of aliphatic imine (C=N–C) groups is 1. The molecule has 0 radical (unpaired) electrons. The fourth-order valence-electron chi connectivity index (χ4n) is 2.90. The first-order valence-corrected chi connectivity index (χ1v) is 10.8. The number of halogens is 2. The van der Waals surface area contributed by atoms with Crippen molar-refractivity contribution in [3.8, 4) is 0 Å². The van der Waals surface area contributed by atoms with E-state index in [1.165, 1.54) is 7.11 Å². The minimum absolute atomic E-state index is 0.359. The molecule has 0 aliphatic rings. The summed E-state index contributed by atoms with van der Waals surface area (Å²) in [6.07, 6.45) is 2.51.